The first-order valence-corrected chi connectivity index (χ1v) is 24.9. The molecule has 0 spiro atoms. The molecule has 0 radical (unpaired) electrons. The number of nitrogens with two attached hydrogens (primary N) is 1. The van der Waals surface area contributed by atoms with Gasteiger partial charge in [0.1, 0.15) is 11.5 Å². The van der Waals surface area contributed by atoms with Crippen molar-refractivity contribution in [1.29, 1.82) is 0 Å². The van der Waals surface area contributed by atoms with Gasteiger partial charge in [0.2, 0.25) is 23.3 Å². The van der Waals surface area contributed by atoms with Crippen molar-refractivity contribution < 1.29 is 79.3 Å². The van der Waals surface area contributed by atoms with Crippen molar-refractivity contribution in [3.63, 3.8) is 0 Å². The minimum Gasteiger partial charge on any atom is -0.420 e. The number of amidine groups is 1. The average Bonchev–Trinajstić information content (AvgIpc) is 3.64. The fraction of sp³-hybridized carbons (Fsp3) is 0.714. The molecule has 0 fully saturated rings. The van der Waals surface area contributed by atoms with Gasteiger partial charge in [0.05, 0.1) is 150 Å². The summed E-state index contributed by atoms with van der Waals surface area (Å²) in [6, 6.07) is 0.0187. The van der Waals surface area contributed by atoms with Crippen LogP contribution in [0.25, 0.3) is 6.08 Å². The molecule has 0 bridgehead atoms. The van der Waals surface area contributed by atoms with Crippen molar-refractivity contribution in [2.24, 2.45) is 10.7 Å². The Hall–Kier alpha value is -4.14. The van der Waals surface area contributed by atoms with E-state index in [1.54, 1.807) is 6.20 Å². The monoisotopic (exact) mass is 1030 g/mol. The molecule has 0 aliphatic carbocycles. The lowest BCUT2D eigenvalue weighted by Crippen LogP contribution is -2.34. The number of carbonyl (C=O) groups is 2. The van der Waals surface area contributed by atoms with Crippen LogP contribution in [0.4, 0.5) is 23.2 Å². The zero-order valence-electron chi connectivity index (χ0n) is 42.5. The Kier molecular flexibility index (Phi) is 34.0. The minimum atomic E-state index is -1.80. The number of halogens is 4. The van der Waals surface area contributed by atoms with Crippen LogP contribution in [0.2, 0.25) is 0 Å². The molecule has 410 valence electrons. The summed E-state index contributed by atoms with van der Waals surface area (Å²) in [5.41, 5.74) is 8.41. The first-order chi connectivity index (χ1) is 35.0. The standard InChI is InChI=1S/C49H78F4N6O13/c1-4-10-58(11-5-2)49(61)39-35-43-42(56-44(54)36-39)38-55-59(43)13-8-6-7-12-57(3)14-16-63-18-20-65-22-24-67-26-28-69-30-32-71-34-33-70-31-29-68-27-25-66-23-21-64-19-17-62-15-9-45(60)72-48-46(52)40(50)37-41(51)47(48)53/h35,37-38H,4-34,36H2,1-3H3,(H2,54,56). The van der Waals surface area contributed by atoms with Gasteiger partial charge in [0, 0.05) is 44.2 Å². The van der Waals surface area contributed by atoms with Gasteiger partial charge in [-0.05, 0) is 45.4 Å². The number of hydrogen-bond acceptors (Lipinski definition) is 17. The number of fused-ring (bicyclic) bond motifs is 1. The number of amides is 1. The smallest absolute Gasteiger partial charge is 0.313 e. The van der Waals surface area contributed by atoms with Crippen LogP contribution in [0.15, 0.2) is 22.8 Å². The molecule has 1 aromatic heterocycles. The van der Waals surface area contributed by atoms with Gasteiger partial charge in [-0.2, -0.15) is 13.9 Å². The third-order valence-electron chi connectivity index (χ3n) is 10.5. The molecule has 72 heavy (non-hydrogen) atoms. The Bertz CT molecular complexity index is 1830. The van der Waals surface area contributed by atoms with Crippen LogP contribution in [0.5, 0.6) is 5.75 Å². The fourth-order valence-electron chi connectivity index (χ4n) is 6.79. The van der Waals surface area contributed by atoms with E-state index in [1.165, 1.54) is 0 Å². The quantitative estimate of drug-likeness (QED) is 0.0301. The molecular formula is C49H78F4N6O13. The normalized spacial score (nSPS) is 12.6. The van der Waals surface area contributed by atoms with Gasteiger partial charge in [-0.3, -0.25) is 14.3 Å². The SMILES string of the molecule is CCCN(CCC)C(=O)C1=Cc2c(cnn2CCCCCN(C)CCOCCOCCOCCOCCOCCOCCOCCOCCOCCOCCC(=O)Oc2c(F)c(F)cc(F)c2F)N=C(N)C1. The van der Waals surface area contributed by atoms with E-state index in [4.69, 9.17) is 53.1 Å². The largest absolute Gasteiger partial charge is 0.420 e. The number of carbonyl (C=O) groups excluding carboxylic acids is 2. The highest BCUT2D eigenvalue weighted by Gasteiger charge is 2.24. The Labute approximate surface area is 421 Å². The number of hydrogen-bond donors (Lipinski definition) is 1. The van der Waals surface area contributed by atoms with E-state index in [2.05, 4.69) is 40.6 Å². The topological polar surface area (TPSA) is 198 Å². The van der Waals surface area contributed by atoms with Crippen LogP contribution >= 0.6 is 0 Å². The Balaban J connectivity index is 0.990. The van der Waals surface area contributed by atoms with Crippen LogP contribution in [0.3, 0.4) is 0 Å². The summed E-state index contributed by atoms with van der Waals surface area (Å²) in [4.78, 5) is 33.8. The Morgan fingerprint density at radius 1 is 0.611 bits per heavy atom. The number of aliphatic imine (C=N–C) groups is 1. The molecule has 2 aromatic rings. The van der Waals surface area contributed by atoms with Gasteiger partial charge in [0.15, 0.2) is 11.6 Å². The van der Waals surface area contributed by atoms with Crippen LogP contribution in [-0.2, 0) is 63.5 Å². The molecule has 1 amide bonds. The molecule has 2 heterocycles. The summed E-state index contributed by atoms with van der Waals surface area (Å²) in [6.45, 7) is 15.8. The number of ether oxygens (including phenoxy) is 11. The third-order valence-corrected chi connectivity index (χ3v) is 10.5. The maximum atomic E-state index is 13.6. The molecule has 0 unspecified atom stereocenters. The van der Waals surface area contributed by atoms with Crippen LogP contribution in [0.1, 0.15) is 64.5 Å². The molecule has 1 aromatic carbocycles. The lowest BCUT2D eigenvalue weighted by molar-refractivity contribution is -0.136. The van der Waals surface area contributed by atoms with Crippen molar-refractivity contribution in [1.82, 2.24) is 19.6 Å². The predicted molar refractivity (Wildman–Crippen MR) is 259 cm³/mol. The second-order valence-electron chi connectivity index (χ2n) is 16.4. The minimum absolute atomic E-state index is 0.0187. The van der Waals surface area contributed by atoms with Crippen molar-refractivity contribution in [3.8, 4) is 5.75 Å². The van der Waals surface area contributed by atoms with Gasteiger partial charge in [-0.15, -0.1) is 0 Å². The summed E-state index contributed by atoms with van der Waals surface area (Å²) < 4.78 is 115. The second-order valence-corrected chi connectivity index (χ2v) is 16.4. The van der Waals surface area contributed by atoms with Crippen molar-refractivity contribution in [2.45, 2.75) is 65.3 Å². The molecule has 1 aliphatic heterocycles. The molecule has 19 nitrogen and oxygen atoms in total. The molecule has 23 heteroatoms. The average molecular weight is 1040 g/mol. The van der Waals surface area contributed by atoms with Crippen molar-refractivity contribution in [3.05, 3.63) is 46.8 Å². The lowest BCUT2D eigenvalue weighted by Gasteiger charge is -2.22. The molecule has 0 saturated heterocycles. The third kappa shape index (κ3) is 26.7. The number of unbranched alkanes of at least 4 members (excludes halogenated alkanes) is 2. The molecule has 0 saturated carbocycles. The maximum absolute atomic E-state index is 13.6. The Morgan fingerprint density at radius 3 is 1.51 bits per heavy atom. The molecule has 2 N–H and O–H groups in total. The summed E-state index contributed by atoms with van der Waals surface area (Å²) in [6.07, 6.45) is 8.48. The number of esters is 1. The second kappa shape index (κ2) is 39.3. The number of nitrogens with zero attached hydrogens (tertiary/aromatic N) is 5. The predicted octanol–water partition coefficient (Wildman–Crippen LogP) is 5.13. The van der Waals surface area contributed by atoms with Crippen molar-refractivity contribution >= 4 is 29.5 Å². The molecule has 0 atom stereocenters. The van der Waals surface area contributed by atoms with E-state index >= 15 is 0 Å². The number of aryl methyl sites for hydroxylation is 1. The summed E-state index contributed by atoms with van der Waals surface area (Å²) in [5.74, 6) is -9.04. The van der Waals surface area contributed by atoms with E-state index in [0.717, 1.165) is 70.5 Å². The number of aromatic nitrogens is 2. The summed E-state index contributed by atoms with van der Waals surface area (Å²) >= 11 is 0. The highest BCUT2D eigenvalue weighted by molar-refractivity contribution is 6.05. The molecular weight excluding hydrogens is 957 g/mol. The van der Waals surface area contributed by atoms with Gasteiger partial charge >= 0.3 is 5.97 Å². The van der Waals surface area contributed by atoms with Crippen LogP contribution < -0.4 is 10.5 Å². The van der Waals surface area contributed by atoms with E-state index in [9.17, 15) is 27.2 Å². The number of likely N-dealkylation sites (N-methyl/N-ethyl adjacent to an activating group) is 1. The maximum Gasteiger partial charge on any atom is 0.313 e. The summed E-state index contributed by atoms with van der Waals surface area (Å²) in [5, 5.41) is 4.56. The van der Waals surface area contributed by atoms with E-state index in [0.29, 0.717) is 136 Å². The van der Waals surface area contributed by atoms with E-state index in [1.807, 2.05) is 15.7 Å². The highest BCUT2D eigenvalue weighted by Crippen LogP contribution is 2.28. The Morgan fingerprint density at radius 2 is 1.06 bits per heavy atom. The van der Waals surface area contributed by atoms with Crippen LogP contribution in [0, 0.1) is 23.3 Å². The van der Waals surface area contributed by atoms with Crippen molar-refractivity contribution in [2.75, 3.05) is 165 Å². The van der Waals surface area contributed by atoms with Gasteiger partial charge in [0.25, 0.3) is 0 Å². The zero-order chi connectivity index (χ0) is 52.0. The van der Waals surface area contributed by atoms with Gasteiger partial charge in [-0.25, -0.2) is 13.8 Å². The lowest BCUT2D eigenvalue weighted by atomic mass is 10.1. The van der Waals surface area contributed by atoms with Crippen LogP contribution in [-0.4, -0.2) is 203 Å². The number of rotatable bonds is 45. The zero-order valence-corrected chi connectivity index (χ0v) is 42.5. The highest BCUT2D eigenvalue weighted by atomic mass is 19.2. The fourth-order valence-corrected chi connectivity index (χ4v) is 6.79. The first-order valence-electron chi connectivity index (χ1n) is 24.9. The van der Waals surface area contributed by atoms with Gasteiger partial charge < -0.3 is 67.6 Å². The number of benzene rings is 1. The molecule has 1 aliphatic rings. The van der Waals surface area contributed by atoms with E-state index in [-0.39, 0.29) is 31.8 Å². The van der Waals surface area contributed by atoms with E-state index < -0.39 is 41.4 Å². The summed E-state index contributed by atoms with van der Waals surface area (Å²) in [7, 11) is 2.10. The van der Waals surface area contributed by atoms with Gasteiger partial charge in [-0.1, -0.05) is 20.3 Å². The first kappa shape index (κ1) is 62.2. The molecule has 3 rings (SSSR count).